The summed E-state index contributed by atoms with van der Waals surface area (Å²) in [6.07, 6.45) is 4.41. The second kappa shape index (κ2) is 3.58. The van der Waals surface area contributed by atoms with Gasteiger partial charge in [-0.15, -0.1) is 0 Å². The van der Waals surface area contributed by atoms with E-state index in [0.717, 1.165) is 24.8 Å². The Labute approximate surface area is 107 Å². The molecule has 1 aliphatic heterocycles. The van der Waals surface area contributed by atoms with Crippen molar-refractivity contribution in [2.45, 2.75) is 39.2 Å². The molecule has 3 aliphatic rings. The lowest BCUT2D eigenvalue weighted by atomic mass is 9.59. The van der Waals surface area contributed by atoms with Gasteiger partial charge in [0.1, 0.15) is 5.76 Å². The first-order valence-electron chi connectivity index (χ1n) is 6.46. The zero-order valence-electron chi connectivity index (χ0n) is 10.8. The molecular formula is C15H18O3. The Bertz CT molecular complexity index is 512. The van der Waals surface area contributed by atoms with E-state index in [1.807, 2.05) is 6.08 Å². The minimum Gasteiger partial charge on any atom is -0.423 e. The van der Waals surface area contributed by atoms with Gasteiger partial charge in [-0.2, -0.15) is 0 Å². The summed E-state index contributed by atoms with van der Waals surface area (Å²) in [6.45, 7) is 7.95. The van der Waals surface area contributed by atoms with E-state index in [9.17, 15) is 9.90 Å². The summed E-state index contributed by atoms with van der Waals surface area (Å²) < 4.78 is 5.26. The minimum absolute atomic E-state index is 0.00875. The van der Waals surface area contributed by atoms with E-state index in [0.29, 0.717) is 16.9 Å². The lowest BCUT2D eigenvalue weighted by Gasteiger charge is -2.46. The third-order valence-corrected chi connectivity index (χ3v) is 4.61. The van der Waals surface area contributed by atoms with Crippen molar-refractivity contribution < 1.29 is 14.6 Å². The highest BCUT2D eigenvalue weighted by atomic mass is 16.5. The normalized spacial score (nSPS) is 39.2. The first-order valence-corrected chi connectivity index (χ1v) is 6.46. The zero-order valence-corrected chi connectivity index (χ0v) is 10.8. The van der Waals surface area contributed by atoms with Crippen LogP contribution < -0.4 is 0 Å². The smallest absolute Gasteiger partial charge is 0.339 e. The van der Waals surface area contributed by atoms with Gasteiger partial charge in [-0.25, -0.2) is 4.79 Å². The third kappa shape index (κ3) is 1.37. The molecule has 0 bridgehead atoms. The number of hydrogen-bond donors (Lipinski definition) is 1. The van der Waals surface area contributed by atoms with Crippen molar-refractivity contribution in [1.82, 2.24) is 0 Å². The highest BCUT2D eigenvalue weighted by Crippen LogP contribution is 2.53. The first kappa shape index (κ1) is 11.7. The molecule has 2 aliphatic carbocycles. The maximum absolute atomic E-state index is 11.6. The summed E-state index contributed by atoms with van der Waals surface area (Å²) in [5.74, 6) is 0.246. The molecule has 1 fully saturated rings. The molecule has 0 spiro atoms. The van der Waals surface area contributed by atoms with Crippen molar-refractivity contribution in [2.24, 2.45) is 11.3 Å². The molecule has 3 atom stereocenters. The van der Waals surface area contributed by atoms with E-state index in [2.05, 4.69) is 13.5 Å². The van der Waals surface area contributed by atoms with Gasteiger partial charge in [0.15, 0.2) is 0 Å². The van der Waals surface area contributed by atoms with Gasteiger partial charge in [-0.3, -0.25) is 0 Å². The summed E-state index contributed by atoms with van der Waals surface area (Å²) in [5, 5.41) is 10.6. The van der Waals surface area contributed by atoms with Crippen molar-refractivity contribution in [1.29, 1.82) is 0 Å². The molecule has 3 rings (SSSR count). The van der Waals surface area contributed by atoms with Gasteiger partial charge < -0.3 is 9.84 Å². The Morgan fingerprint density at radius 1 is 1.56 bits per heavy atom. The van der Waals surface area contributed by atoms with Crippen molar-refractivity contribution >= 4 is 5.97 Å². The summed E-state index contributed by atoms with van der Waals surface area (Å²) in [6, 6.07) is 0. The number of ether oxygens (including phenoxy) is 1. The van der Waals surface area contributed by atoms with Gasteiger partial charge in [-0.1, -0.05) is 19.1 Å². The molecule has 3 heteroatoms. The quantitative estimate of drug-likeness (QED) is 0.527. The van der Waals surface area contributed by atoms with E-state index < -0.39 is 6.10 Å². The molecule has 0 aromatic heterocycles. The predicted molar refractivity (Wildman–Crippen MR) is 67.5 cm³/mol. The summed E-state index contributed by atoms with van der Waals surface area (Å²) >= 11 is 0. The molecule has 0 amide bonds. The summed E-state index contributed by atoms with van der Waals surface area (Å²) in [7, 11) is 0. The molecule has 96 valence electrons. The van der Waals surface area contributed by atoms with Crippen LogP contribution in [0.5, 0.6) is 0 Å². The lowest BCUT2D eigenvalue weighted by molar-refractivity contribution is -0.133. The molecule has 0 aromatic rings. The molecule has 18 heavy (non-hydrogen) atoms. The standard InChI is InChI=1S/C15H18O3/c1-8-5-4-6-15(3)7-10-11(13(16)12(8)15)9(2)14(17)18-10/h7,12-13,16H,1,4-6H2,2-3H3/t12-,13+,15-/m1/s1. The molecule has 1 heterocycles. The van der Waals surface area contributed by atoms with Crippen LogP contribution in [0.1, 0.15) is 33.1 Å². The van der Waals surface area contributed by atoms with E-state index in [1.54, 1.807) is 6.92 Å². The van der Waals surface area contributed by atoms with Gasteiger partial charge in [0.2, 0.25) is 0 Å². The van der Waals surface area contributed by atoms with Crippen molar-refractivity contribution in [3.63, 3.8) is 0 Å². The summed E-state index contributed by atoms with van der Waals surface area (Å²) in [4.78, 5) is 11.6. The van der Waals surface area contributed by atoms with Crippen LogP contribution in [0.15, 0.2) is 35.1 Å². The number of aliphatic hydroxyl groups excluding tert-OH is 1. The maximum atomic E-state index is 11.6. The number of carbonyl (C=O) groups is 1. The van der Waals surface area contributed by atoms with Crippen LogP contribution in [0, 0.1) is 11.3 Å². The fraction of sp³-hybridized carbons (Fsp3) is 0.533. The number of fused-ring (bicyclic) bond motifs is 2. The average Bonchev–Trinajstić information content (AvgIpc) is 2.53. The number of esters is 1. The molecule has 0 radical (unpaired) electrons. The molecule has 0 unspecified atom stereocenters. The average molecular weight is 246 g/mol. The lowest BCUT2D eigenvalue weighted by Crippen LogP contribution is -2.43. The molecular weight excluding hydrogens is 228 g/mol. The van der Waals surface area contributed by atoms with Gasteiger partial charge in [0, 0.05) is 17.1 Å². The molecule has 3 nitrogen and oxygen atoms in total. The van der Waals surface area contributed by atoms with Crippen molar-refractivity contribution in [3.05, 3.63) is 35.1 Å². The Balaban J connectivity index is 2.16. The number of hydrogen-bond acceptors (Lipinski definition) is 3. The number of allylic oxidation sites excluding steroid dienone is 1. The Morgan fingerprint density at radius 2 is 2.28 bits per heavy atom. The van der Waals surface area contributed by atoms with Gasteiger partial charge in [-0.05, 0) is 37.7 Å². The molecule has 1 saturated carbocycles. The van der Waals surface area contributed by atoms with Crippen LogP contribution in [0.2, 0.25) is 0 Å². The van der Waals surface area contributed by atoms with Gasteiger partial charge in [0.05, 0.1) is 6.10 Å². The van der Waals surface area contributed by atoms with E-state index >= 15 is 0 Å². The topological polar surface area (TPSA) is 46.5 Å². The zero-order chi connectivity index (χ0) is 13.1. The maximum Gasteiger partial charge on any atom is 0.339 e. The molecule has 0 aromatic carbocycles. The SMILES string of the molecule is C=C1CCC[C@]2(C)C=C3OC(=O)C(C)=C3[C@H](O)[C@@H]12. The largest absolute Gasteiger partial charge is 0.423 e. The minimum atomic E-state index is -0.658. The highest BCUT2D eigenvalue weighted by Gasteiger charge is 2.50. The first-order chi connectivity index (χ1) is 8.44. The monoisotopic (exact) mass is 246 g/mol. The second-order valence-electron chi connectivity index (χ2n) is 5.88. The highest BCUT2D eigenvalue weighted by molar-refractivity contribution is 5.94. The van der Waals surface area contributed by atoms with Crippen molar-refractivity contribution in [2.75, 3.05) is 0 Å². The van der Waals surface area contributed by atoms with Crippen LogP contribution in [0.4, 0.5) is 0 Å². The Morgan fingerprint density at radius 3 is 3.00 bits per heavy atom. The second-order valence-corrected chi connectivity index (χ2v) is 5.88. The fourth-order valence-electron chi connectivity index (χ4n) is 3.69. The van der Waals surface area contributed by atoms with Gasteiger partial charge in [0.25, 0.3) is 0 Å². The molecule has 0 saturated heterocycles. The van der Waals surface area contributed by atoms with Crippen LogP contribution >= 0.6 is 0 Å². The molecule has 1 N–H and O–H groups in total. The predicted octanol–water partition coefficient (Wildman–Crippen LogP) is 2.48. The Hall–Kier alpha value is -1.35. The van der Waals surface area contributed by atoms with Crippen LogP contribution in [0.25, 0.3) is 0 Å². The van der Waals surface area contributed by atoms with Crippen molar-refractivity contribution in [3.8, 4) is 0 Å². The van der Waals surface area contributed by atoms with E-state index in [-0.39, 0.29) is 17.3 Å². The summed E-state index contributed by atoms with van der Waals surface area (Å²) in [5.41, 5.74) is 2.16. The van der Waals surface area contributed by atoms with E-state index in [4.69, 9.17) is 4.74 Å². The number of rotatable bonds is 0. The van der Waals surface area contributed by atoms with Gasteiger partial charge >= 0.3 is 5.97 Å². The van der Waals surface area contributed by atoms with Crippen LogP contribution in [-0.4, -0.2) is 17.2 Å². The van der Waals surface area contributed by atoms with Crippen LogP contribution in [0.3, 0.4) is 0 Å². The number of aliphatic hydroxyl groups is 1. The fourth-order valence-corrected chi connectivity index (χ4v) is 3.69. The Kier molecular flexibility index (Phi) is 2.33. The van der Waals surface area contributed by atoms with E-state index in [1.165, 1.54) is 0 Å². The third-order valence-electron chi connectivity index (χ3n) is 4.61. The van der Waals surface area contributed by atoms with Crippen LogP contribution in [-0.2, 0) is 9.53 Å². The number of carbonyl (C=O) groups excluding carboxylic acids is 1.